The molecule has 1 aliphatic heterocycles. The van der Waals surface area contributed by atoms with Crippen LogP contribution < -0.4 is 10.4 Å². The maximum absolute atomic E-state index is 6.70. The summed E-state index contributed by atoms with van der Waals surface area (Å²) in [6, 6.07) is 21.5. The highest BCUT2D eigenvalue weighted by atomic mass is 28.4. The first kappa shape index (κ1) is 15.5. The molecule has 0 radical (unpaired) electrons. The van der Waals surface area contributed by atoms with E-state index < -0.39 is 8.32 Å². The number of rotatable bonds is 5. The Balaban J connectivity index is 2.12. The summed E-state index contributed by atoms with van der Waals surface area (Å²) in [4.78, 5) is 0. The second-order valence-electron chi connectivity index (χ2n) is 6.93. The molecule has 116 valence electrons. The fraction of sp³-hybridized carbons (Fsp3) is 0.368. The van der Waals surface area contributed by atoms with Crippen molar-refractivity contribution in [3.8, 4) is 0 Å². The lowest BCUT2D eigenvalue weighted by Gasteiger charge is -2.43. The Bertz CT molecular complexity index is 561. The monoisotopic (exact) mass is 314 g/mol. The molecule has 0 spiro atoms. The summed E-state index contributed by atoms with van der Waals surface area (Å²) in [6.07, 6.45) is 0.279. The third kappa shape index (κ3) is 2.89. The van der Waals surface area contributed by atoms with Gasteiger partial charge in [-0.1, -0.05) is 81.4 Å². The summed E-state index contributed by atoms with van der Waals surface area (Å²) in [5, 5.41) is 2.70. The first-order valence-corrected chi connectivity index (χ1v) is 9.81. The van der Waals surface area contributed by atoms with Gasteiger partial charge in [-0.2, -0.15) is 0 Å². The molecule has 0 N–H and O–H groups in total. The minimum atomic E-state index is -2.35. The molecule has 1 fully saturated rings. The smallest absolute Gasteiger partial charge is 0.261 e. The summed E-state index contributed by atoms with van der Waals surface area (Å²) >= 11 is 0. The molecular weight excluding hydrogens is 290 g/mol. The Morgan fingerprint density at radius 1 is 0.955 bits per heavy atom. The van der Waals surface area contributed by atoms with Gasteiger partial charge in [0.25, 0.3) is 8.32 Å². The summed E-state index contributed by atoms with van der Waals surface area (Å²) in [6.45, 7) is 8.42. The largest absolute Gasteiger partial charge is 0.405 e. The number of benzene rings is 2. The molecule has 1 atom stereocenters. The van der Waals surface area contributed by atoms with Crippen molar-refractivity contribution in [2.75, 3.05) is 13.2 Å². The number of hydrogen-bond acceptors (Lipinski definition) is 2. The van der Waals surface area contributed by atoms with Crippen LogP contribution in [0.25, 0.3) is 0 Å². The Hall–Kier alpha value is -1.42. The van der Waals surface area contributed by atoms with Crippen LogP contribution in [-0.2, 0) is 9.16 Å². The fourth-order valence-corrected chi connectivity index (χ4v) is 7.74. The van der Waals surface area contributed by atoms with E-state index in [1.807, 2.05) is 0 Å². The van der Waals surface area contributed by atoms with Crippen molar-refractivity contribution in [2.24, 2.45) is 0 Å². The summed E-state index contributed by atoms with van der Waals surface area (Å²) in [5.74, 6) is 0. The van der Waals surface area contributed by atoms with E-state index in [4.69, 9.17) is 9.16 Å². The second kappa shape index (κ2) is 5.99. The van der Waals surface area contributed by atoms with Crippen molar-refractivity contribution in [3.05, 3.63) is 60.7 Å². The average molecular weight is 314 g/mol. The third-order valence-corrected chi connectivity index (χ3v) is 9.31. The van der Waals surface area contributed by atoms with E-state index in [-0.39, 0.29) is 11.1 Å². The molecule has 3 rings (SSSR count). The molecule has 0 aliphatic carbocycles. The molecule has 0 unspecified atom stereocenters. The van der Waals surface area contributed by atoms with Crippen LogP contribution in [0, 0.1) is 0 Å². The molecule has 1 saturated heterocycles. The second-order valence-corrected chi connectivity index (χ2v) is 11.2. The minimum Gasteiger partial charge on any atom is -0.405 e. The zero-order valence-electron chi connectivity index (χ0n) is 13.6. The van der Waals surface area contributed by atoms with Crippen LogP contribution in [0.3, 0.4) is 0 Å². The normalized spacial score (nSPS) is 18.2. The molecule has 0 saturated carbocycles. The quantitative estimate of drug-likeness (QED) is 0.625. The standard InChI is InChI=1S/C19H24O2Si/c1-19(2,3)22(21-15-16-14-20-16,17-10-6-4-7-11-17)18-12-8-5-9-13-18/h4-13,16H,14-15H2,1-3H3/t16-/m0/s1/i16+2. The van der Waals surface area contributed by atoms with Gasteiger partial charge in [0.1, 0.15) is 6.10 Å². The molecule has 2 nitrogen and oxygen atoms in total. The number of ether oxygens (including phenoxy) is 1. The SMILES string of the molecule is CC(C)(C)[Si](OC[14C@@H]1CO1)(c1ccccc1)c1ccccc1. The minimum absolute atomic E-state index is 0.0462. The summed E-state index contributed by atoms with van der Waals surface area (Å²) in [5.41, 5.74) is 0. The highest BCUT2D eigenvalue weighted by Gasteiger charge is 2.50. The van der Waals surface area contributed by atoms with Crippen LogP contribution in [0.5, 0.6) is 0 Å². The van der Waals surface area contributed by atoms with Gasteiger partial charge in [0.2, 0.25) is 0 Å². The van der Waals surface area contributed by atoms with Crippen LogP contribution in [0.2, 0.25) is 5.04 Å². The predicted molar refractivity (Wildman–Crippen MR) is 93.3 cm³/mol. The zero-order chi connectivity index (χ0) is 15.6. The first-order valence-electron chi connectivity index (χ1n) is 7.91. The molecule has 1 aliphatic rings. The molecule has 2 aromatic carbocycles. The van der Waals surface area contributed by atoms with Crippen molar-refractivity contribution in [3.63, 3.8) is 0 Å². The van der Waals surface area contributed by atoms with Crippen molar-refractivity contribution in [1.82, 2.24) is 0 Å². The molecule has 0 aromatic heterocycles. The van der Waals surface area contributed by atoms with Gasteiger partial charge in [-0.3, -0.25) is 0 Å². The third-order valence-electron chi connectivity index (χ3n) is 4.30. The van der Waals surface area contributed by atoms with Gasteiger partial charge >= 0.3 is 0 Å². The van der Waals surface area contributed by atoms with E-state index in [1.165, 1.54) is 10.4 Å². The Labute approximate surface area is 134 Å². The van der Waals surface area contributed by atoms with Gasteiger partial charge in [0.15, 0.2) is 0 Å². The predicted octanol–water partition coefficient (Wildman–Crippen LogP) is 2.96. The van der Waals surface area contributed by atoms with E-state index in [0.717, 1.165) is 6.61 Å². The van der Waals surface area contributed by atoms with Gasteiger partial charge in [-0.05, 0) is 15.4 Å². The van der Waals surface area contributed by atoms with E-state index >= 15 is 0 Å². The Kier molecular flexibility index (Phi) is 4.21. The lowest BCUT2D eigenvalue weighted by Crippen LogP contribution is -2.66. The first-order chi connectivity index (χ1) is 10.5. The molecule has 1 heterocycles. The average Bonchev–Trinajstić information content (AvgIpc) is 3.33. The molecule has 2 aromatic rings. The maximum Gasteiger partial charge on any atom is 0.261 e. The zero-order valence-corrected chi connectivity index (χ0v) is 14.6. The lowest BCUT2D eigenvalue weighted by atomic mass is 10.2. The van der Waals surface area contributed by atoms with Crippen molar-refractivity contribution in [1.29, 1.82) is 0 Å². The van der Waals surface area contributed by atoms with Crippen molar-refractivity contribution < 1.29 is 9.16 Å². The molecule has 0 amide bonds. The summed E-state index contributed by atoms with van der Waals surface area (Å²) < 4.78 is 12.1. The molecular formula is C19H24O2Si. The Morgan fingerprint density at radius 2 is 1.41 bits per heavy atom. The van der Waals surface area contributed by atoms with Crippen molar-refractivity contribution >= 4 is 18.7 Å². The fourth-order valence-electron chi connectivity index (χ4n) is 3.14. The van der Waals surface area contributed by atoms with Gasteiger partial charge in [0, 0.05) is 0 Å². The van der Waals surface area contributed by atoms with E-state index in [1.54, 1.807) is 0 Å². The van der Waals surface area contributed by atoms with Crippen LogP contribution in [0.4, 0.5) is 0 Å². The number of hydrogen-bond donors (Lipinski definition) is 0. The highest BCUT2D eigenvalue weighted by Crippen LogP contribution is 2.37. The van der Waals surface area contributed by atoms with E-state index in [9.17, 15) is 0 Å². The molecule has 22 heavy (non-hydrogen) atoms. The molecule has 0 bridgehead atoms. The van der Waals surface area contributed by atoms with Gasteiger partial charge in [-0.15, -0.1) is 0 Å². The van der Waals surface area contributed by atoms with Crippen LogP contribution in [0.1, 0.15) is 20.8 Å². The topological polar surface area (TPSA) is 21.8 Å². The van der Waals surface area contributed by atoms with Crippen molar-refractivity contribution in [2.45, 2.75) is 31.9 Å². The Morgan fingerprint density at radius 3 is 1.77 bits per heavy atom. The van der Waals surface area contributed by atoms with E-state index in [0.29, 0.717) is 6.61 Å². The van der Waals surface area contributed by atoms with Crippen LogP contribution >= 0.6 is 0 Å². The lowest BCUT2D eigenvalue weighted by molar-refractivity contribution is 0.250. The highest BCUT2D eigenvalue weighted by molar-refractivity contribution is 6.99. The van der Waals surface area contributed by atoms with Gasteiger partial charge in [0.05, 0.1) is 13.2 Å². The van der Waals surface area contributed by atoms with Crippen LogP contribution in [-0.4, -0.2) is 27.6 Å². The van der Waals surface area contributed by atoms with E-state index in [2.05, 4.69) is 81.4 Å². The molecule has 3 heteroatoms. The van der Waals surface area contributed by atoms with Gasteiger partial charge in [-0.25, -0.2) is 0 Å². The summed E-state index contributed by atoms with van der Waals surface area (Å²) in [7, 11) is -2.35. The van der Waals surface area contributed by atoms with Gasteiger partial charge < -0.3 is 9.16 Å². The number of epoxide rings is 1. The maximum atomic E-state index is 6.70. The van der Waals surface area contributed by atoms with Crippen LogP contribution in [0.15, 0.2) is 60.7 Å².